The number of hydrogen-bond donors (Lipinski definition) is 1. The van der Waals surface area contributed by atoms with E-state index in [1.807, 2.05) is 6.92 Å². The van der Waals surface area contributed by atoms with Crippen LogP contribution in [0.15, 0.2) is 36.0 Å². The van der Waals surface area contributed by atoms with E-state index in [1.54, 1.807) is 6.08 Å². The third-order valence-electron chi connectivity index (χ3n) is 6.71. The molecule has 7 heteroatoms. The summed E-state index contributed by atoms with van der Waals surface area (Å²) in [5.41, 5.74) is -2.28. The SMILES string of the molecule is COC(=O)/C=C/C=C/C(=O)O[C@@H]1C=C2COC(=O)[C@]2(O)[C@@]2(C)CCCC(C)(C)[C@H]12. The summed E-state index contributed by atoms with van der Waals surface area (Å²) in [6.07, 6.45) is 8.69. The standard InChI is InChI=1S/C22H28O7/c1-20(2)10-7-11-21(3)18(20)15(12-14-13-28-19(25)22(14,21)26)29-17(24)9-6-5-8-16(23)27-4/h5-6,8-9,12,15,18,26H,7,10-11,13H2,1-4H3/b8-5+,9-6+/t15-,18+,21+,22+/m1/s1. The molecule has 29 heavy (non-hydrogen) atoms. The highest BCUT2D eigenvalue weighted by Crippen LogP contribution is 2.63. The number of methoxy groups -OCH3 is 1. The zero-order chi connectivity index (χ0) is 21.4. The fourth-order valence-electron chi connectivity index (χ4n) is 5.46. The lowest BCUT2D eigenvalue weighted by Crippen LogP contribution is -2.65. The third kappa shape index (κ3) is 3.41. The van der Waals surface area contributed by atoms with Crippen molar-refractivity contribution in [2.24, 2.45) is 16.7 Å². The van der Waals surface area contributed by atoms with Gasteiger partial charge in [0.25, 0.3) is 0 Å². The number of aliphatic hydroxyl groups is 1. The Morgan fingerprint density at radius 1 is 1.17 bits per heavy atom. The molecule has 0 amide bonds. The molecule has 7 nitrogen and oxygen atoms in total. The first-order chi connectivity index (χ1) is 13.6. The lowest BCUT2D eigenvalue weighted by atomic mass is 9.46. The minimum atomic E-state index is -1.68. The van der Waals surface area contributed by atoms with E-state index in [-0.39, 0.29) is 17.9 Å². The molecule has 0 aromatic heterocycles. The lowest BCUT2D eigenvalue weighted by Gasteiger charge is -2.59. The van der Waals surface area contributed by atoms with E-state index in [1.165, 1.54) is 31.4 Å². The van der Waals surface area contributed by atoms with Crippen molar-refractivity contribution in [1.29, 1.82) is 0 Å². The van der Waals surface area contributed by atoms with Crippen molar-refractivity contribution >= 4 is 17.9 Å². The summed E-state index contributed by atoms with van der Waals surface area (Å²) in [4.78, 5) is 36.0. The van der Waals surface area contributed by atoms with Crippen LogP contribution in [0.5, 0.6) is 0 Å². The van der Waals surface area contributed by atoms with Crippen molar-refractivity contribution < 1.29 is 33.7 Å². The van der Waals surface area contributed by atoms with Crippen LogP contribution in [0.4, 0.5) is 0 Å². The van der Waals surface area contributed by atoms with Gasteiger partial charge in [-0.3, -0.25) is 0 Å². The van der Waals surface area contributed by atoms with Gasteiger partial charge in [-0.25, -0.2) is 14.4 Å². The molecule has 1 heterocycles. The fourth-order valence-corrected chi connectivity index (χ4v) is 5.46. The highest BCUT2D eigenvalue weighted by atomic mass is 16.6. The van der Waals surface area contributed by atoms with Gasteiger partial charge in [0, 0.05) is 29.1 Å². The van der Waals surface area contributed by atoms with Gasteiger partial charge in [-0.15, -0.1) is 0 Å². The van der Waals surface area contributed by atoms with Gasteiger partial charge in [0.15, 0.2) is 5.60 Å². The fraction of sp³-hybridized carbons (Fsp3) is 0.591. The molecule has 0 spiro atoms. The summed E-state index contributed by atoms with van der Waals surface area (Å²) in [6.45, 7) is 6.05. The van der Waals surface area contributed by atoms with Crippen LogP contribution in [0, 0.1) is 16.7 Å². The van der Waals surface area contributed by atoms with E-state index in [2.05, 4.69) is 18.6 Å². The van der Waals surface area contributed by atoms with Crippen molar-refractivity contribution in [1.82, 2.24) is 0 Å². The predicted octanol–water partition coefficient (Wildman–Crippen LogP) is 2.24. The van der Waals surface area contributed by atoms with Crippen LogP contribution in [0.1, 0.15) is 40.0 Å². The Morgan fingerprint density at radius 2 is 1.83 bits per heavy atom. The number of hydrogen-bond acceptors (Lipinski definition) is 7. The van der Waals surface area contributed by atoms with E-state index in [0.29, 0.717) is 12.0 Å². The molecule has 2 fully saturated rings. The number of carbonyl (C=O) groups is 3. The lowest BCUT2D eigenvalue weighted by molar-refractivity contribution is -0.194. The quantitative estimate of drug-likeness (QED) is 0.252. The summed E-state index contributed by atoms with van der Waals surface area (Å²) in [6, 6.07) is 0. The van der Waals surface area contributed by atoms with Gasteiger partial charge >= 0.3 is 17.9 Å². The zero-order valence-electron chi connectivity index (χ0n) is 17.3. The van der Waals surface area contributed by atoms with E-state index < -0.39 is 35.0 Å². The number of carbonyl (C=O) groups excluding carboxylic acids is 3. The average Bonchev–Trinajstić information content (AvgIpc) is 2.94. The van der Waals surface area contributed by atoms with Crippen LogP contribution in [-0.4, -0.2) is 48.4 Å². The monoisotopic (exact) mass is 404 g/mol. The molecule has 3 rings (SSSR count). The van der Waals surface area contributed by atoms with Crippen molar-refractivity contribution in [3.63, 3.8) is 0 Å². The maximum absolute atomic E-state index is 12.5. The minimum absolute atomic E-state index is 0.00380. The molecular weight excluding hydrogens is 376 g/mol. The predicted molar refractivity (Wildman–Crippen MR) is 103 cm³/mol. The van der Waals surface area contributed by atoms with E-state index >= 15 is 0 Å². The minimum Gasteiger partial charge on any atom is -0.466 e. The first kappa shape index (κ1) is 21.3. The van der Waals surface area contributed by atoms with Crippen LogP contribution in [-0.2, 0) is 28.6 Å². The zero-order valence-corrected chi connectivity index (χ0v) is 17.3. The molecule has 158 valence electrons. The van der Waals surface area contributed by atoms with Gasteiger partial charge in [0.05, 0.1) is 7.11 Å². The van der Waals surface area contributed by atoms with Crippen LogP contribution < -0.4 is 0 Å². The normalized spacial score (nSPS) is 35.6. The molecule has 0 aromatic carbocycles. The Hall–Kier alpha value is -2.41. The number of cyclic esters (lactones) is 1. The number of ether oxygens (including phenoxy) is 3. The Balaban J connectivity index is 1.90. The number of rotatable bonds is 4. The average molecular weight is 404 g/mol. The van der Waals surface area contributed by atoms with Crippen molar-refractivity contribution in [3.8, 4) is 0 Å². The van der Waals surface area contributed by atoms with Gasteiger partial charge in [0.1, 0.15) is 12.7 Å². The highest BCUT2D eigenvalue weighted by molar-refractivity contribution is 5.89. The summed E-state index contributed by atoms with van der Waals surface area (Å²) in [7, 11) is 1.27. The second kappa shape index (κ2) is 7.44. The van der Waals surface area contributed by atoms with Crippen molar-refractivity contribution in [2.75, 3.05) is 13.7 Å². The number of allylic oxidation sites excluding steroid dienone is 2. The third-order valence-corrected chi connectivity index (χ3v) is 6.71. The molecule has 2 aliphatic carbocycles. The van der Waals surface area contributed by atoms with Gasteiger partial charge in [0.2, 0.25) is 0 Å². The summed E-state index contributed by atoms with van der Waals surface area (Å²) in [5.74, 6) is -1.97. The maximum Gasteiger partial charge on any atom is 0.343 e. The molecule has 1 aliphatic heterocycles. The molecule has 0 aromatic rings. The summed E-state index contributed by atoms with van der Waals surface area (Å²) < 4.78 is 15.4. The molecule has 1 N–H and O–H groups in total. The van der Waals surface area contributed by atoms with Crippen LogP contribution in [0.3, 0.4) is 0 Å². The summed E-state index contributed by atoms with van der Waals surface area (Å²) in [5, 5.41) is 11.4. The smallest absolute Gasteiger partial charge is 0.343 e. The largest absolute Gasteiger partial charge is 0.466 e. The maximum atomic E-state index is 12.5. The van der Waals surface area contributed by atoms with Gasteiger partial charge in [-0.1, -0.05) is 39.3 Å². The van der Waals surface area contributed by atoms with Gasteiger partial charge < -0.3 is 19.3 Å². The van der Waals surface area contributed by atoms with Gasteiger partial charge in [-0.2, -0.15) is 0 Å². The molecule has 0 unspecified atom stereocenters. The van der Waals surface area contributed by atoms with E-state index in [4.69, 9.17) is 9.47 Å². The molecule has 4 atom stereocenters. The van der Waals surface area contributed by atoms with Crippen LogP contribution in [0.25, 0.3) is 0 Å². The van der Waals surface area contributed by atoms with Crippen LogP contribution >= 0.6 is 0 Å². The second-order valence-electron chi connectivity index (χ2n) is 8.86. The number of fused-ring (bicyclic) bond motifs is 3. The first-order valence-electron chi connectivity index (χ1n) is 9.80. The van der Waals surface area contributed by atoms with Gasteiger partial charge in [-0.05, 0) is 24.3 Å². The first-order valence-corrected chi connectivity index (χ1v) is 9.80. The Bertz CT molecular complexity index is 806. The van der Waals surface area contributed by atoms with Crippen molar-refractivity contribution in [3.05, 3.63) is 36.0 Å². The topological polar surface area (TPSA) is 99.1 Å². The molecule has 0 bridgehead atoms. The molecule has 1 saturated heterocycles. The Morgan fingerprint density at radius 3 is 2.48 bits per heavy atom. The molecule has 0 radical (unpaired) electrons. The Kier molecular flexibility index (Phi) is 5.47. The molecule has 3 aliphatic rings. The van der Waals surface area contributed by atoms with Crippen LogP contribution in [0.2, 0.25) is 0 Å². The molecule has 1 saturated carbocycles. The van der Waals surface area contributed by atoms with E-state index in [9.17, 15) is 19.5 Å². The number of esters is 3. The second-order valence-corrected chi connectivity index (χ2v) is 8.86. The Labute approximate surface area is 170 Å². The molecular formula is C22H28O7. The van der Waals surface area contributed by atoms with E-state index in [0.717, 1.165) is 12.8 Å². The van der Waals surface area contributed by atoms with Crippen molar-refractivity contribution in [2.45, 2.75) is 51.7 Å². The summed E-state index contributed by atoms with van der Waals surface area (Å²) >= 11 is 0. The highest BCUT2D eigenvalue weighted by Gasteiger charge is 2.69.